The summed E-state index contributed by atoms with van der Waals surface area (Å²) in [4.78, 5) is 11.2. The number of methoxy groups -OCH3 is 3. The Labute approximate surface area is 100.0 Å². The number of ether oxygens (including phenoxy) is 3. The summed E-state index contributed by atoms with van der Waals surface area (Å²) in [5.74, 6) is 1.04. The summed E-state index contributed by atoms with van der Waals surface area (Å²) in [7, 11) is 4.51. The average molecular weight is 237 g/mol. The fourth-order valence-corrected chi connectivity index (χ4v) is 1.38. The van der Waals surface area contributed by atoms with Crippen molar-refractivity contribution in [2.24, 2.45) is 0 Å². The summed E-state index contributed by atoms with van der Waals surface area (Å²) < 4.78 is 15.5. The fraction of sp³-hybridized carbons (Fsp3) is 0.250. The molecule has 0 radical (unpaired) electrons. The van der Waals surface area contributed by atoms with Crippen molar-refractivity contribution in [1.29, 1.82) is 0 Å². The summed E-state index contributed by atoms with van der Waals surface area (Å²) in [5.41, 5.74) is 0.495. The van der Waals surface area contributed by atoms with Gasteiger partial charge in [-0.3, -0.25) is 4.79 Å². The van der Waals surface area contributed by atoms with E-state index in [4.69, 9.17) is 14.2 Å². The van der Waals surface area contributed by atoms with Gasteiger partial charge in [0.05, 0.1) is 27.0 Å². The van der Waals surface area contributed by atoms with Crippen LogP contribution in [0.4, 0.5) is 5.69 Å². The number of rotatable bonds is 5. The molecule has 0 fully saturated rings. The maximum Gasteiger partial charge on any atom is 0.247 e. The lowest BCUT2D eigenvalue weighted by atomic mass is 10.2. The zero-order valence-corrected chi connectivity index (χ0v) is 10.1. The molecular weight excluding hydrogens is 222 g/mol. The Balaban J connectivity index is 3.22. The molecule has 0 aliphatic rings. The second-order valence-corrected chi connectivity index (χ2v) is 3.08. The Morgan fingerprint density at radius 1 is 1.18 bits per heavy atom. The van der Waals surface area contributed by atoms with Gasteiger partial charge in [0.1, 0.15) is 0 Å². The van der Waals surface area contributed by atoms with Gasteiger partial charge < -0.3 is 19.5 Å². The van der Waals surface area contributed by atoms with E-state index in [-0.39, 0.29) is 5.91 Å². The summed E-state index contributed by atoms with van der Waals surface area (Å²) in [6.45, 7) is 3.38. The molecule has 1 amide bonds. The van der Waals surface area contributed by atoms with Crippen molar-refractivity contribution < 1.29 is 19.0 Å². The molecule has 0 saturated heterocycles. The Hall–Kier alpha value is -2.17. The monoisotopic (exact) mass is 237 g/mol. The molecule has 0 unspecified atom stereocenters. The highest BCUT2D eigenvalue weighted by Crippen LogP contribution is 2.42. The molecule has 0 saturated carbocycles. The molecule has 5 nitrogen and oxygen atoms in total. The first-order valence-corrected chi connectivity index (χ1v) is 4.90. The fourth-order valence-electron chi connectivity index (χ4n) is 1.38. The van der Waals surface area contributed by atoms with Crippen molar-refractivity contribution in [3.63, 3.8) is 0 Å². The van der Waals surface area contributed by atoms with E-state index in [1.807, 2.05) is 0 Å². The summed E-state index contributed by atoms with van der Waals surface area (Å²) in [6, 6.07) is 3.35. The molecular formula is C12H15NO4. The molecule has 17 heavy (non-hydrogen) atoms. The van der Waals surface area contributed by atoms with Gasteiger partial charge in [-0.25, -0.2) is 0 Å². The Kier molecular flexibility index (Phi) is 4.39. The maximum atomic E-state index is 11.2. The van der Waals surface area contributed by atoms with Gasteiger partial charge >= 0.3 is 0 Å². The summed E-state index contributed by atoms with van der Waals surface area (Å²) in [5, 5.41) is 2.62. The van der Waals surface area contributed by atoms with E-state index in [9.17, 15) is 4.79 Å². The normalized spacial score (nSPS) is 9.35. The van der Waals surface area contributed by atoms with Crippen LogP contribution in [0.5, 0.6) is 17.2 Å². The largest absolute Gasteiger partial charge is 0.493 e. The standard InChI is InChI=1S/C12H15NO4/c1-5-10(14)13-8-6-7-9(15-2)12(17-4)11(8)16-3/h5-7H,1H2,2-4H3,(H,13,14). The zero-order chi connectivity index (χ0) is 12.8. The number of carbonyl (C=O) groups excluding carboxylic acids is 1. The van der Waals surface area contributed by atoms with Gasteiger partial charge in [-0.1, -0.05) is 6.58 Å². The lowest BCUT2D eigenvalue weighted by Gasteiger charge is -2.15. The molecule has 92 valence electrons. The molecule has 1 aromatic rings. The SMILES string of the molecule is C=CC(=O)Nc1ccc(OC)c(OC)c1OC. The van der Waals surface area contributed by atoms with Gasteiger partial charge in [-0.2, -0.15) is 0 Å². The van der Waals surface area contributed by atoms with Crippen LogP contribution in [-0.4, -0.2) is 27.2 Å². The second-order valence-electron chi connectivity index (χ2n) is 3.08. The van der Waals surface area contributed by atoms with E-state index < -0.39 is 0 Å². The predicted octanol–water partition coefficient (Wildman–Crippen LogP) is 1.84. The van der Waals surface area contributed by atoms with Gasteiger partial charge in [0, 0.05) is 0 Å². The topological polar surface area (TPSA) is 56.8 Å². The molecule has 0 atom stereocenters. The molecule has 1 N–H and O–H groups in total. The quantitative estimate of drug-likeness (QED) is 0.794. The number of nitrogens with one attached hydrogen (secondary N) is 1. The maximum absolute atomic E-state index is 11.2. The Bertz CT molecular complexity index is 429. The van der Waals surface area contributed by atoms with Crippen molar-refractivity contribution in [1.82, 2.24) is 0 Å². The summed E-state index contributed by atoms with van der Waals surface area (Å²) >= 11 is 0. The smallest absolute Gasteiger partial charge is 0.247 e. The van der Waals surface area contributed by atoms with Crippen LogP contribution in [-0.2, 0) is 4.79 Å². The predicted molar refractivity (Wildman–Crippen MR) is 64.9 cm³/mol. The summed E-state index contributed by atoms with van der Waals surface area (Å²) in [6.07, 6.45) is 1.18. The molecule has 0 spiro atoms. The van der Waals surface area contributed by atoms with E-state index in [0.717, 1.165) is 0 Å². The van der Waals surface area contributed by atoms with Crippen LogP contribution in [0.15, 0.2) is 24.8 Å². The number of benzene rings is 1. The number of hydrogen-bond acceptors (Lipinski definition) is 4. The third-order valence-electron chi connectivity index (χ3n) is 2.15. The van der Waals surface area contributed by atoms with Crippen LogP contribution in [0, 0.1) is 0 Å². The molecule has 0 heterocycles. The van der Waals surface area contributed by atoms with E-state index in [1.165, 1.54) is 27.4 Å². The van der Waals surface area contributed by atoms with Crippen LogP contribution >= 0.6 is 0 Å². The first-order chi connectivity index (χ1) is 8.17. The van der Waals surface area contributed by atoms with Gasteiger partial charge in [0.25, 0.3) is 0 Å². The van der Waals surface area contributed by atoms with Crippen molar-refractivity contribution in [3.05, 3.63) is 24.8 Å². The third-order valence-corrected chi connectivity index (χ3v) is 2.15. The molecule has 0 aromatic heterocycles. The average Bonchev–Trinajstić information content (AvgIpc) is 2.37. The van der Waals surface area contributed by atoms with Gasteiger partial charge in [-0.15, -0.1) is 0 Å². The van der Waals surface area contributed by atoms with Crippen molar-refractivity contribution >= 4 is 11.6 Å². The number of hydrogen-bond donors (Lipinski definition) is 1. The molecule has 5 heteroatoms. The van der Waals surface area contributed by atoms with Crippen LogP contribution in [0.3, 0.4) is 0 Å². The molecule has 0 aliphatic carbocycles. The minimum absolute atomic E-state index is 0.324. The van der Waals surface area contributed by atoms with Crippen molar-refractivity contribution in [3.8, 4) is 17.2 Å². The first-order valence-electron chi connectivity index (χ1n) is 4.90. The second kappa shape index (κ2) is 5.79. The highest BCUT2D eigenvalue weighted by atomic mass is 16.5. The highest BCUT2D eigenvalue weighted by Gasteiger charge is 2.16. The van der Waals surface area contributed by atoms with Crippen LogP contribution < -0.4 is 19.5 Å². The molecule has 1 aromatic carbocycles. The minimum atomic E-state index is -0.324. The number of carbonyl (C=O) groups is 1. The molecule has 0 aliphatic heterocycles. The number of anilines is 1. The van der Waals surface area contributed by atoms with E-state index >= 15 is 0 Å². The minimum Gasteiger partial charge on any atom is -0.493 e. The van der Waals surface area contributed by atoms with Crippen LogP contribution in [0.25, 0.3) is 0 Å². The van der Waals surface area contributed by atoms with E-state index in [0.29, 0.717) is 22.9 Å². The van der Waals surface area contributed by atoms with Crippen LogP contribution in [0.2, 0.25) is 0 Å². The highest BCUT2D eigenvalue weighted by molar-refractivity contribution is 6.00. The third kappa shape index (κ3) is 2.69. The molecule has 1 rings (SSSR count). The Morgan fingerprint density at radius 2 is 1.82 bits per heavy atom. The van der Waals surface area contributed by atoms with Gasteiger partial charge in [0.2, 0.25) is 11.7 Å². The van der Waals surface area contributed by atoms with Gasteiger partial charge in [-0.05, 0) is 18.2 Å². The van der Waals surface area contributed by atoms with Crippen LogP contribution in [0.1, 0.15) is 0 Å². The van der Waals surface area contributed by atoms with E-state index in [2.05, 4.69) is 11.9 Å². The first kappa shape index (κ1) is 12.9. The van der Waals surface area contributed by atoms with Gasteiger partial charge in [0.15, 0.2) is 11.5 Å². The lowest BCUT2D eigenvalue weighted by molar-refractivity contribution is -0.111. The van der Waals surface area contributed by atoms with E-state index in [1.54, 1.807) is 12.1 Å². The number of amides is 1. The Morgan fingerprint density at radius 3 is 2.29 bits per heavy atom. The molecule has 0 bridgehead atoms. The lowest BCUT2D eigenvalue weighted by Crippen LogP contribution is -2.09. The van der Waals surface area contributed by atoms with Crippen molar-refractivity contribution in [2.45, 2.75) is 0 Å². The van der Waals surface area contributed by atoms with Crippen molar-refractivity contribution in [2.75, 3.05) is 26.6 Å². The zero-order valence-electron chi connectivity index (χ0n) is 10.1.